The van der Waals surface area contributed by atoms with E-state index in [4.69, 9.17) is 4.84 Å². The minimum Gasteiger partial charge on any atom is -0.453 e. The Kier molecular flexibility index (Phi) is 5.16. The summed E-state index contributed by atoms with van der Waals surface area (Å²) in [6.07, 6.45) is -0.743. The van der Waals surface area contributed by atoms with Crippen LogP contribution in [0.25, 0.3) is 0 Å². The lowest BCUT2D eigenvalue weighted by Gasteiger charge is -2.19. The molecule has 0 fully saturated rings. The number of hydrogen-bond acceptors (Lipinski definition) is 6. The van der Waals surface area contributed by atoms with Gasteiger partial charge in [0.25, 0.3) is 11.8 Å². The number of methoxy groups -OCH3 is 1. The van der Waals surface area contributed by atoms with Crippen molar-refractivity contribution in [1.82, 2.24) is 10.4 Å². The molecule has 1 N–H and O–H groups in total. The van der Waals surface area contributed by atoms with Crippen LogP contribution < -0.4 is 5.32 Å². The Hall–Kier alpha value is -3.68. The number of benzene rings is 2. The van der Waals surface area contributed by atoms with Gasteiger partial charge in [0.05, 0.1) is 18.2 Å². The number of fused-ring (bicyclic) bond motifs is 1. The third-order valence-corrected chi connectivity index (χ3v) is 3.98. The number of nitrogens with zero attached hydrogens (tertiary/aromatic N) is 1. The molecule has 0 radical (unpaired) electrons. The fourth-order valence-corrected chi connectivity index (χ4v) is 2.65. The van der Waals surface area contributed by atoms with E-state index >= 15 is 0 Å². The van der Waals surface area contributed by atoms with E-state index in [1.807, 2.05) is 6.07 Å². The third-order valence-electron chi connectivity index (χ3n) is 3.98. The molecule has 1 atom stereocenters. The van der Waals surface area contributed by atoms with Gasteiger partial charge in [-0.3, -0.25) is 9.59 Å². The summed E-state index contributed by atoms with van der Waals surface area (Å²) in [5.74, 6) is -2.43. The SMILES string of the molecule is COC(=O)NC(Cc1ccccc1)C(=O)ON1C(=O)c2ccccc2C1=O. The molecule has 3 rings (SSSR count). The summed E-state index contributed by atoms with van der Waals surface area (Å²) in [7, 11) is 1.16. The molecule has 8 nitrogen and oxygen atoms in total. The number of nitrogens with one attached hydrogen (secondary N) is 1. The molecule has 1 heterocycles. The second-order valence-corrected chi connectivity index (χ2v) is 5.74. The zero-order valence-electron chi connectivity index (χ0n) is 14.4. The van der Waals surface area contributed by atoms with Crippen LogP contribution in [0.5, 0.6) is 0 Å². The lowest BCUT2D eigenvalue weighted by atomic mass is 10.1. The topological polar surface area (TPSA) is 102 Å². The predicted octanol–water partition coefficient (Wildman–Crippen LogP) is 1.71. The molecule has 2 aromatic rings. The number of carbonyl (C=O) groups is 4. The Bertz CT molecular complexity index is 861. The molecule has 1 aliphatic heterocycles. The molecule has 138 valence electrons. The highest BCUT2D eigenvalue weighted by atomic mass is 16.7. The van der Waals surface area contributed by atoms with Crippen molar-refractivity contribution in [2.45, 2.75) is 12.5 Å². The van der Waals surface area contributed by atoms with Crippen molar-refractivity contribution in [3.05, 3.63) is 71.3 Å². The van der Waals surface area contributed by atoms with Crippen molar-refractivity contribution in [1.29, 1.82) is 0 Å². The zero-order chi connectivity index (χ0) is 19.4. The Morgan fingerprint density at radius 3 is 2.07 bits per heavy atom. The molecule has 2 aromatic carbocycles. The van der Waals surface area contributed by atoms with Crippen LogP contribution in [0.15, 0.2) is 54.6 Å². The number of ether oxygens (including phenoxy) is 1. The predicted molar refractivity (Wildman–Crippen MR) is 92.5 cm³/mol. The maximum absolute atomic E-state index is 12.6. The number of carbonyl (C=O) groups excluding carboxylic acids is 4. The number of amides is 3. The van der Waals surface area contributed by atoms with Crippen LogP contribution in [0.4, 0.5) is 4.79 Å². The van der Waals surface area contributed by atoms with Gasteiger partial charge >= 0.3 is 12.1 Å². The standard InChI is InChI=1S/C19H16N2O6/c1-26-19(25)20-15(11-12-7-3-2-4-8-12)18(24)27-21-16(22)13-9-5-6-10-14(13)17(21)23/h2-10,15H,11H2,1H3,(H,20,25). The molecule has 0 aromatic heterocycles. The van der Waals surface area contributed by atoms with E-state index in [2.05, 4.69) is 10.1 Å². The molecule has 0 bridgehead atoms. The van der Waals surface area contributed by atoms with Crippen LogP contribution in [-0.4, -0.2) is 42.1 Å². The van der Waals surface area contributed by atoms with Gasteiger partial charge in [-0.2, -0.15) is 0 Å². The van der Waals surface area contributed by atoms with E-state index < -0.39 is 29.9 Å². The van der Waals surface area contributed by atoms with E-state index in [9.17, 15) is 19.2 Å². The molecule has 27 heavy (non-hydrogen) atoms. The van der Waals surface area contributed by atoms with Gasteiger partial charge < -0.3 is 14.9 Å². The number of hydroxylamine groups is 2. The Balaban J connectivity index is 1.77. The van der Waals surface area contributed by atoms with Gasteiger partial charge in [-0.25, -0.2) is 9.59 Å². The molecule has 0 saturated carbocycles. The molecule has 1 unspecified atom stereocenters. The highest BCUT2D eigenvalue weighted by molar-refractivity contribution is 6.20. The van der Waals surface area contributed by atoms with Gasteiger partial charge in [0.1, 0.15) is 6.04 Å². The summed E-state index contributed by atoms with van der Waals surface area (Å²) < 4.78 is 4.53. The molecule has 3 amide bonds. The Morgan fingerprint density at radius 2 is 1.52 bits per heavy atom. The molecule has 0 aliphatic carbocycles. The number of alkyl carbamates (subject to hydrolysis) is 1. The Morgan fingerprint density at radius 1 is 0.963 bits per heavy atom. The largest absolute Gasteiger partial charge is 0.453 e. The van der Waals surface area contributed by atoms with Crippen molar-refractivity contribution in [3.63, 3.8) is 0 Å². The van der Waals surface area contributed by atoms with E-state index in [0.29, 0.717) is 5.06 Å². The first-order valence-corrected chi connectivity index (χ1v) is 8.09. The van der Waals surface area contributed by atoms with E-state index in [1.165, 1.54) is 12.1 Å². The van der Waals surface area contributed by atoms with Crippen LogP contribution >= 0.6 is 0 Å². The first-order chi connectivity index (χ1) is 13.0. The fraction of sp³-hybridized carbons (Fsp3) is 0.158. The lowest BCUT2D eigenvalue weighted by Crippen LogP contribution is -2.46. The van der Waals surface area contributed by atoms with Gasteiger partial charge in [0.15, 0.2) is 0 Å². The van der Waals surface area contributed by atoms with Gasteiger partial charge in [0, 0.05) is 6.42 Å². The first kappa shape index (κ1) is 18.1. The van der Waals surface area contributed by atoms with Crippen LogP contribution in [0.2, 0.25) is 0 Å². The quantitative estimate of drug-likeness (QED) is 0.806. The van der Waals surface area contributed by atoms with Crippen molar-refractivity contribution >= 4 is 23.9 Å². The van der Waals surface area contributed by atoms with Gasteiger partial charge in [0.2, 0.25) is 0 Å². The second kappa shape index (κ2) is 7.69. The summed E-state index contributed by atoms with van der Waals surface area (Å²) in [6, 6.07) is 13.9. The van der Waals surface area contributed by atoms with Gasteiger partial charge in [-0.1, -0.05) is 47.5 Å². The van der Waals surface area contributed by atoms with Gasteiger partial charge in [-0.05, 0) is 17.7 Å². The molecular formula is C19H16N2O6. The van der Waals surface area contributed by atoms with Crippen LogP contribution in [0.3, 0.4) is 0 Å². The highest BCUT2D eigenvalue weighted by Crippen LogP contribution is 2.23. The minimum absolute atomic E-state index is 0.0952. The molecule has 0 spiro atoms. The van der Waals surface area contributed by atoms with Crippen molar-refractivity contribution < 1.29 is 28.8 Å². The fourth-order valence-electron chi connectivity index (χ4n) is 2.65. The second-order valence-electron chi connectivity index (χ2n) is 5.74. The molecule has 8 heteroatoms. The zero-order valence-corrected chi connectivity index (χ0v) is 14.4. The highest BCUT2D eigenvalue weighted by Gasteiger charge is 2.40. The maximum Gasteiger partial charge on any atom is 0.407 e. The summed E-state index contributed by atoms with van der Waals surface area (Å²) in [5, 5.41) is 2.76. The van der Waals surface area contributed by atoms with Crippen LogP contribution in [0.1, 0.15) is 26.3 Å². The number of hydrogen-bond donors (Lipinski definition) is 1. The molecule has 0 saturated heterocycles. The smallest absolute Gasteiger partial charge is 0.407 e. The summed E-state index contributed by atoms with van der Waals surface area (Å²) in [5.41, 5.74) is 1.05. The van der Waals surface area contributed by atoms with Crippen LogP contribution in [0, 0.1) is 0 Å². The van der Waals surface area contributed by atoms with Crippen molar-refractivity contribution in [2.24, 2.45) is 0 Å². The number of imide groups is 1. The van der Waals surface area contributed by atoms with E-state index in [0.717, 1.165) is 12.7 Å². The summed E-state index contributed by atoms with van der Waals surface area (Å²) in [4.78, 5) is 53.8. The van der Waals surface area contributed by atoms with E-state index in [1.54, 1.807) is 36.4 Å². The minimum atomic E-state index is -1.15. The normalized spacial score (nSPS) is 13.7. The Labute approximate surface area is 154 Å². The molecule has 1 aliphatic rings. The average Bonchev–Trinajstić information content (AvgIpc) is 2.93. The third kappa shape index (κ3) is 3.79. The lowest BCUT2D eigenvalue weighted by molar-refractivity contribution is -0.171. The number of rotatable bonds is 5. The van der Waals surface area contributed by atoms with Crippen molar-refractivity contribution in [2.75, 3.05) is 7.11 Å². The maximum atomic E-state index is 12.6. The monoisotopic (exact) mass is 368 g/mol. The first-order valence-electron chi connectivity index (χ1n) is 8.09. The summed E-state index contributed by atoms with van der Waals surface area (Å²) >= 11 is 0. The summed E-state index contributed by atoms with van der Waals surface area (Å²) in [6.45, 7) is 0. The van der Waals surface area contributed by atoms with Crippen LogP contribution in [-0.2, 0) is 20.8 Å². The molecular weight excluding hydrogens is 352 g/mol. The van der Waals surface area contributed by atoms with Gasteiger partial charge in [-0.15, -0.1) is 0 Å². The van der Waals surface area contributed by atoms with E-state index in [-0.39, 0.29) is 17.5 Å². The van der Waals surface area contributed by atoms with Crippen molar-refractivity contribution in [3.8, 4) is 0 Å². The average molecular weight is 368 g/mol.